The highest BCUT2D eigenvalue weighted by molar-refractivity contribution is 5.75. The van der Waals surface area contributed by atoms with Crippen LogP contribution in [-0.4, -0.2) is 42.5 Å². The van der Waals surface area contributed by atoms with E-state index in [-0.39, 0.29) is 5.91 Å². The summed E-state index contributed by atoms with van der Waals surface area (Å²) in [5.74, 6) is 0.0679. The van der Waals surface area contributed by atoms with Crippen molar-refractivity contribution >= 4 is 11.9 Å². The molecule has 0 saturated carbocycles. The van der Waals surface area contributed by atoms with E-state index >= 15 is 0 Å². The van der Waals surface area contributed by atoms with E-state index in [1.165, 1.54) is 11.1 Å². The number of carbonyl (C=O) groups excluding carboxylic acids is 2. The lowest BCUT2D eigenvalue weighted by molar-refractivity contribution is -0.121. The minimum absolute atomic E-state index is 0.0679. The highest BCUT2D eigenvalue weighted by Gasteiger charge is 2.20. The standard InChI is InChI=1S/C18H28N4O2/c1-14(12-21-17(23)8-4-5-10-20-18(19)24)22-11-9-15-6-2-3-7-16(15)13-22/h2-3,6-7,14H,4-5,8-13H2,1H3,(H,21,23)(H3,19,20,24). The smallest absolute Gasteiger partial charge is 0.312 e. The number of hydrogen-bond acceptors (Lipinski definition) is 3. The summed E-state index contributed by atoms with van der Waals surface area (Å²) in [6.45, 7) is 5.33. The van der Waals surface area contributed by atoms with Gasteiger partial charge in [-0.15, -0.1) is 0 Å². The van der Waals surface area contributed by atoms with Crippen LogP contribution in [0.2, 0.25) is 0 Å². The van der Waals surface area contributed by atoms with Crippen molar-refractivity contribution in [2.45, 2.75) is 45.2 Å². The van der Waals surface area contributed by atoms with Crippen LogP contribution < -0.4 is 16.4 Å². The van der Waals surface area contributed by atoms with Crippen molar-refractivity contribution in [3.8, 4) is 0 Å². The van der Waals surface area contributed by atoms with Gasteiger partial charge in [-0.2, -0.15) is 0 Å². The first-order valence-electron chi connectivity index (χ1n) is 8.67. The van der Waals surface area contributed by atoms with E-state index in [1.54, 1.807) is 0 Å². The van der Waals surface area contributed by atoms with Crippen molar-refractivity contribution in [2.24, 2.45) is 5.73 Å². The molecule has 1 unspecified atom stereocenters. The second-order valence-corrected chi connectivity index (χ2v) is 6.39. The number of fused-ring (bicyclic) bond motifs is 1. The third-order valence-electron chi connectivity index (χ3n) is 4.51. The highest BCUT2D eigenvalue weighted by atomic mass is 16.2. The molecular weight excluding hydrogens is 304 g/mol. The number of urea groups is 1. The van der Waals surface area contributed by atoms with Gasteiger partial charge in [0.15, 0.2) is 0 Å². The van der Waals surface area contributed by atoms with Crippen LogP contribution in [-0.2, 0) is 17.8 Å². The van der Waals surface area contributed by atoms with Gasteiger partial charge in [-0.1, -0.05) is 24.3 Å². The van der Waals surface area contributed by atoms with Crippen molar-refractivity contribution in [3.05, 3.63) is 35.4 Å². The zero-order chi connectivity index (χ0) is 17.4. The minimum Gasteiger partial charge on any atom is -0.355 e. The Morgan fingerprint density at radius 3 is 2.71 bits per heavy atom. The molecule has 0 aliphatic carbocycles. The van der Waals surface area contributed by atoms with Gasteiger partial charge in [-0.05, 0) is 37.3 Å². The summed E-state index contributed by atoms with van der Waals surface area (Å²) in [6, 6.07) is 8.37. The minimum atomic E-state index is -0.517. The third-order valence-corrected chi connectivity index (χ3v) is 4.51. The van der Waals surface area contributed by atoms with E-state index in [2.05, 4.69) is 46.7 Å². The second-order valence-electron chi connectivity index (χ2n) is 6.39. The lowest BCUT2D eigenvalue weighted by Crippen LogP contribution is -2.44. The average molecular weight is 332 g/mol. The van der Waals surface area contributed by atoms with Gasteiger partial charge in [0.25, 0.3) is 0 Å². The van der Waals surface area contributed by atoms with E-state index < -0.39 is 6.03 Å². The van der Waals surface area contributed by atoms with Gasteiger partial charge in [-0.25, -0.2) is 4.79 Å². The second kappa shape index (κ2) is 9.27. The number of nitrogens with two attached hydrogens (primary N) is 1. The summed E-state index contributed by atoms with van der Waals surface area (Å²) in [4.78, 5) is 24.8. The fraction of sp³-hybridized carbons (Fsp3) is 0.556. The van der Waals surface area contributed by atoms with E-state index in [1.807, 2.05) is 0 Å². The molecule has 6 heteroatoms. The van der Waals surface area contributed by atoms with Crippen molar-refractivity contribution in [1.29, 1.82) is 0 Å². The van der Waals surface area contributed by atoms with Crippen LogP contribution in [0.4, 0.5) is 4.79 Å². The molecule has 1 aromatic rings. The molecule has 0 saturated heterocycles. The maximum atomic E-state index is 11.9. The predicted molar refractivity (Wildman–Crippen MR) is 94.5 cm³/mol. The molecule has 132 valence electrons. The number of nitrogens with one attached hydrogen (secondary N) is 2. The van der Waals surface area contributed by atoms with E-state index in [4.69, 9.17) is 5.73 Å². The molecule has 2 rings (SSSR count). The normalized spacial score (nSPS) is 15.4. The number of rotatable bonds is 8. The largest absolute Gasteiger partial charge is 0.355 e. The number of primary amides is 1. The van der Waals surface area contributed by atoms with Crippen molar-refractivity contribution in [1.82, 2.24) is 15.5 Å². The Labute approximate surface area is 143 Å². The van der Waals surface area contributed by atoms with Gasteiger partial charge in [0, 0.05) is 38.6 Å². The van der Waals surface area contributed by atoms with Crippen LogP contribution in [0.3, 0.4) is 0 Å². The molecule has 3 amide bonds. The topological polar surface area (TPSA) is 87.5 Å². The highest BCUT2D eigenvalue weighted by Crippen LogP contribution is 2.19. The summed E-state index contributed by atoms with van der Waals surface area (Å²) in [7, 11) is 0. The number of amides is 3. The first-order chi connectivity index (χ1) is 11.6. The molecular formula is C18H28N4O2. The Morgan fingerprint density at radius 2 is 1.96 bits per heavy atom. The summed E-state index contributed by atoms with van der Waals surface area (Å²) in [5.41, 5.74) is 7.81. The molecule has 6 nitrogen and oxygen atoms in total. The Morgan fingerprint density at radius 1 is 1.21 bits per heavy atom. The lowest BCUT2D eigenvalue weighted by atomic mass is 9.99. The maximum Gasteiger partial charge on any atom is 0.312 e. The van der Waals surface area contributed by atoms with E-state index in [9.17, 15) is 9.59 Å². The fourth-order valence-electron chi connectivity index (χ4n) is 2.99. The zero-order valence-corrected chi connectivity index (χ0v) is 14.4. The number of nitrogens with zero attached hydrogens (tertiary/aromatic N) is 1. The summed E-state index contributed by atoms with van der Waals surface area (Å²) in [6.07, 6.45) is 3.06. The lowest BCUT2D eigenvalue weighted by Gasteiger charge is -2.33. The molecule has 1 heterocycles. The van der Waals surface area contributed by atoms with Crippen LogP contribution in [0.1, 0.15) is 37.3 Å². The molecule has 1 aliphatic rings. The van der Waals surface area contributed by atoms with Crippen molar-refractivity contribution < 1.29 is 9.59 Å². The van der Waals surface area contributed by atoms with E-state index in [0.29, 0.717) is 25.6 Å². The van der Waals surface area contributed by atoms with Gasteiger partial charge >= 0.3 is 6.03 Å². The molecule has 24 heavy (non-hydrogen) atoms. The maximum absolute atomic E-state index is 11.9. The quantitative estimate of drug-likeness (QED) is 0.629. The fourth-order valence-corrected chi connectivity index (χ4v) is 2.99. The van der Waals surface area contributed by atoms with Gasteiger partial charge < -0.3 is 16.4 Å². The molecule has 0 aromatic heterocycles. The monoisotopic (exact) mass is 332 g/mol. The van der Waals surface area contributed by atoms with Crippen LogP contribution in [0.5, 0.6) is 0 Å². The molecule has 0 fully saturated rings. The van der Waals surface area contributed by atoms with Crippen molar-refractivity contribution in [2.75, 3.05) is 19.6 Å². The first kappa shape index (κ1) is 18.3. The Balaban J connectivity index is 1.63. The molecule has 0 spiro atoms. The molecule has 1 aliphatic heterocycles. The molecule has 1 aromatic carbocycles. The van der Waals surface area contributed by atoms with Gasteiger partial charge in [-0.3, -0.25) is 9.69 Å². The molecule has 0 bridgehead atoms. The Bertz CT molecular complexity index is 562. The molecule has 4 N–H and O–H groups in total. The Kier molecular flexibility index (Phi) is 7.06. The molecule has 0 radical (unpaired) electrons. The number of carbonyl (C=O) groups is 2. The van der Waals surface area contributed by atoms with Crippen LogP contribution in [0.25, 0.3) is 0 Å². The van der Waals surface area contributed by atoms with Gasteiger partial charge in [0.2, 0.25) is 5.91 Å². The van der Waals surface area contributed by atoms with Crippen molar-refractivity contribution in [3.63, 3.8) is 0 Å². The predicted octanol–water partition coefficient (Wildman–Crippen LogP) is 1.39. The van der Waals surface area contributed by atoms with Gasteiger partial charge in [0.05, 0.1) is 0 Å². The molecule has 1 atom stereocenters. The summed E-state index contributed by atoms with van der Waals surface area (Å²) < 4.78 is 0. The van der Waals surface area contributed by atoms with E-state index in [0.717, 1.165) is 32.4 Å². The van der Waals surface area contributed by atoms with Crippen LogP contribution in [0.15, 0.2) is 24.3 Å². The van der Waals surface area contributed by atoms with Gasteiger partial charge in [0.1, 0.15) is 0 Å². The number of benzene rings is 1. The zero-order valence-electron chi connectivity index (χ0n) is 14.4. The summed E-state index contributed by atoms with van der Waals surface area (Å²) in [5, 5.41) is 5.53. The van der Waals surface area contributed by atoms with Crippen LogP contribution in [0, 0.1) is 0 Å². The average Bonchev–Trinajstić information content (AvgIpc) is 2.58. The van der Waals surface area contributed by atoms with Crippen LogP contribution >= 0.6 is 0 Å². The number of hydrogen-bond donors (Lipinski definition) is 3. The number of unbranched alkanes of at least 4 members (excludes halogenated alkanes) is 1. The first-order valence-corrected chi connectivity index (χ1v) is 8.67. The third kappa shape index (κ3) is 5.85. The SMILES string of the molecule is CC(CNC(=O)CCCCNC(N)=O)N1CCc2ccccc2C1. The summed E-state index contributed by atoms with van der Waals surface area (Å²) >= 11 is 0. The Hall–Kier alpha value is -2.08.